The minimum atomic E-state index is -0.144. The predicted octanol–water partition coefficient (Wildman–Crippen LogP) is 4.64. The number of aromatic nitrogens is 2. The van der Waals surface area contributed by atoms with Gasteiger partial charge in [0.2, 0.25) is 5.91 Å². The Kier molecular flexibility index (Phi) is 9.18. The summed E-state index contributed by atoms with van der Waals surface area (Å²) in [4.78, 5) is 32.1. The van der Waals surface area contributed by atoms with Crippen molar-refractivity contribution in [1.29, 1.82) is 0 Å². The molecule has 9 heteroatoms. The number of methoxy groups -OCH3 is 1. The highest BCUT2D eigenvalue weighted by Gasteiger charge is 2.26. The molecule has 2 aromatic carbocycles. The molecule has 1 aliphatic heterocycles. The van der Waals surface area contributed by atoms with Gasteiger partial charge in [-0.05, 0) is 54.8 Å². The van der Waals surface area contributed by atoms with E-state index in [0.717, 1.165) is 23.5 Å². The van der Waals surface area contributed by atoms with Gasteiger partial charge in [0.05, 0.1) is 17.8 Å². The highest BCUT2D eigenvalue weighted by molar-refractivity contribution is 6.33. The summed E-state index contributed by atoms with van der Waals surface area (Å²) in [5.74, 6) is 1.68. The Morgan fingerprint density at radius 1 is 0.974 bits per heavy atom. The number of piperazine rings is 1. The number of nitrogens with zero attached hydrogens (tertiary/aromatic N) is 5. The van der Waals surface area contributed by atoms with E-state index in [-0.39, 0.29) is 18.4 Å². The molecule has 3 aromatic rings. The van der Waals surface area contributed by atoms with Crippen molar-refractivity contribution in [3.8, 4) is 17.0 Å². The van der Waals surface area contributed by atoms with Crippen LogP contribution < -0.4 is 9.64 Å². The minimum absolute atomic E-state index is 0.0459. The SMILES string of the molecule is COc1ccc(C(=O)N(CCC(C)C)CC(=O)N2CCN(c3ccc(-c4ccccc4Cl)nn3)CC2)cc1. The fourth-order valence-electron chi connectivity index (χ4n) is 4.34. The number of rotatable bonds is 9. The first-order valence-electron chi connectivity index (χ1n) is 12.9. The molecule has 0 aliphatic carbocycles. The smallest absolute Gasteiger partial charge is 0.254 e. The van der Waals surface area contributed by atoms with E-state index < -0.39 is 0 Å². The lowest BCUT2D eigenvalue weighted by atomic mass is 10.1. The van der Waals surface area contributed by atoms with Crippen LogP contribution in [-0.2, 0) is 4.79 Å². The Labute approximate surface area is 229 Å². The van der Waals surface area contributed by atoms with Crippen molar-refractivity contribution in [3.05, 3.63) is 71.2 Å². The van der Waals surface area contributed by atoms with Crippen molar-refractivity contribution in [2.45, 2.75) is 20.3 Å². The summed E-state index contributed by atoms with van der Waals surface area (Å²) in [6.45, 7) is 7.21. The first kappa shape index (κ1) is 27.4. The number of anilines is 1. The maximum atomic E-state index is 13.2. The Bertz CT molecular complexity index is 1230. The van der Waals surface area contributed by atoms with Gasteiger partial charge in [-0.3, -0.25) is 9.59 Å². The number of ether oxygens (including phenoxy) is 1. The molecule has 38 heavy (non-hydrogen) atoms. The second kappa shape index (κ2) is 12.7. The molecule has 4 rings (SSSR count). The third-order valence-electron chi connectivity index (χ3n) is 6.68. The zero-order chi connectivity index (χ0) is 27.1. The van der Waals surface area contributed by atoms with Crippen LogP contribution in [0.25, 0.3) is 11.3 Å². The molecule has 1 saturated heterocycles. The van der Waals surface area contributed by atoms with E-state index in [4.69, 9.17) is 16.3 Å². The molecule has 8 nitrogen and oxygen atoms in total. The fraction of sp³-hybridized carbons (Fsp3) is 0.379. The van der Waals surface area contributed by atoms with E-state index >= 15 is 0 Å². The molecule has 0 unspecified atom stereocenters. The molecular weight excluding hydrogens is 502 g/mol. The second-order valence-electron chi connectivity index (χ2n) is 9.76. The Hall–Kier alpha value is -3.65. The summed E-state index contributed by atoms with van der Waals surface area (Å²) in [6, 6.07) is 18.4. The highest BCUT2D eigenvalue weighted by Crippen LogP contribution is 2.26. The van der Waals surface area contributed by atoms with Crippen molar-refractivity contribution in [3.63, 3.8) is 0 Å². The van der Waals surface area contributed by atoms with Gasteiger partial charge in [-0.15, -0.1) is 10.2 Å². The zero-order valence-corrected chi connectivity index (χ0v) is 22.9. The van der Waals surface area contributed by atoms with E-state index in [2.05, 4.69) is 28.9 Å². The molecule has 0 saturated carbocycles. The molecule has 1 aromatic heterocycles. The highest BCUT2D eigenvalue weighted by atomic mass is 35.5. The van der Waals surface area contributed by atoms with E-state index in [1.165, 1.54) is 0 Å². The largest absolute Gasteiger partial charge is 0.497 e. The first-order chi connectivity index (χ1) is 18.4. The number of amides is 2. The maximum Gasteiger partial charge on any atom is 0.254 e. The van der Waals surface area contributed by atoms with Gasteiger partial charge in [-0.1, -0.05) is 43.6 Å². The predicted molar refractivity (Wildman–Crippen MR) is 150 cm³/mol. The van der Waals surface area contributed by atoms with Crippen LogP contribution in [0.1, 0.15) is 30.6 Å². The van der Waals surface area contributed by atoms with Crippen molar-refractivity contribution >= 4 is 29.2 Å². The molecule has 0 N–H and O–H groups in total. The zero-order valence-electron chi connectivity index (χ0n) is 22.1. The molecule has 200 valence electrons. The summed E-state index contributed by atoms with van der Waals surface area (Å²) in [5, 5.41) is 9.40. The third kappa shape index (κ3) is 6.81. The number of hydrogen-bond acceptors (Lipinski definition) is 6. The summed E-state index contributed by atoms with van der Waals surface area (Å²) >= 11 is 6.29. The van der Waals surface area contributed by atoms with Crippen LogP contribution in [0.15, 0.2) is 60.7 Å². The van der Waals surface area contributed by atoms with Crippen LogP contribution >= 0.6 is 11.6 Å². The average molecular weight is 536 g/mol. The average Bonchev–Trinajstić information content (AvgIpc) is 2.95. The fourth-order valence-corrected chi connectivity index (χ4v) is 4.57. The minimum Gasteiger partial charge on any atom is -0.497 e. The maximum absolute atomic E-state index is 13.2. The molecule has 1 fully saturated rings. The molecule has 0 spiro atoms. The summed E-state index contributed by atoms with van der Waals surface area (Å²) < 4.78 is 5.20. The van der Waals surface area contributed by atoms with Crippen LogP contribution in [0.3, 0.4) is 0 Å². The van der Waals surface area contributed by atoms with Gasteiger partial charge in [0.15, 0.2) is 5.82 Å². The standard InChI is InChI=1S/C29H34ClN5O3/c1-21(2)14-15-35(29(37)22-8-10-23(38-3)11-9-22)20-28(36)34-18-16-33(17-19-34)27-13-12-26(31-32-27)24-6-4-5-7-25(24)30/h4-13,21H,14-20H2,1-3H3. The van der Waals surface area contributed by atoms with E-state index in [0.29, 0.717) is 55.0 Å². The van der Waals surface area contributed by atoms with Crippen LogP contribution in [0, 0.1) is 5.92 Å². The van der Waals surface area contributed by atoms with Gasteiger partial charge in [-0.25, -0.2) is 0 Å². The topological polar surface area (TPSA) is 78.9 Å². The van der Waals surface area contributed by atoms with Crippen molar-refractivity contribution in [2.24, 2.45) is 5.92 Å². The number of carbonyl (C=O) groups is 2. The summed E-state index contributed by atoms with van der Waals surface area (Å²) in [7, 11) is 1.59. The molecular formula is C29H34ClN5O3. The number of hydrogen-bond donors (Lipinski definition) is 0. The van der Waals surface area contributed by atoms with E-state index in [1.54, 1.807) is 36.3 Å². The van der Waals surface area contributed by atoms with Gasteiger partial charge in [0.25, 0.3) is 5.91 Å². The van der Waals surface area contributed by atoms with Crippen LogP contribution in [0.2, 0.25) is 5.02 Å². The number of benzene rings is 2. The third-order valence-corrected chi connectivity index (χ3v) is 7.01. The van der Waals surface area contributed by atoms with Crippen molar-refractivity contribution < 1.29 is 14.3 Å². The number of halogens is 1. The normalized spacial score (nSPS) is 13.5. The molecule has 1 aliphatic rings. The van der Waals surface area contributed by atoms with Gasteiger partial charge in [0, 0.05) is 43.9 Å². The van der Waals surface area contributed by atoms with Gasteiger partial charge in [-0.2, -0.15) is 0 Å². The summed E-state index contributed by atoms with van der Waals surface area (Å²) in [6.07, 6.45) is 0.825. The first-order valence-corrected chi connectivity index (χ1v) is 13.3. The Morgan fingerprint density at radius 2 is 1.68 bits per heavy atom. The van der Waals surface area contributed by atoms with Gasteiger partial charge < -0.3 is 19.4 Å². The quantitative estimate of drug-likeness (QED) is 0.397. The Morgan fingerprint density at radius 3 is 2.29 bits per heavy atom. The van der Waals surface area contributed by atoms with Crippen LogP contribution in [0.5, 0.6) is 5.75 Å². The molecule has 0 radical (unpaired) electrons. The van der Waals surface area contributed by atoms with E-state index in [1.807, 2.05) is 41.3 Å². The van der Waals surface area contributed by atoms with Crippen LogP contribution in [0.4, 0.5) is 5.82 Å². The van der Waals surface area contributed by atoms with Gasteiger partial charge in [0.1, 0.15) is 12.3 Å². The Balaban J connectivity index is 1.36. The monoisotopic (exact) mass is 535 g/mol. The lowest BCUT2D eigenvalue weighted by molar-refractivity contribution is -0.132. The summed E-state index contributed by atoms with van der Waals surface area (Å²) in [5.41, 5.74) is 2.11. The van der Waals surface area contributed by atoms with Crippen LogP contribution in [-0.4, -0.2) is 78.2 Å². The second-order valence-corrected chi connectivity index (χ2v) is 10.2. The molecule has 2 amide bonds. The lowest BCUT2D eigenvalue weighted by Crippen LogP contribution is -2.52. The van der Waals surface area contributed by atoms with Crippen molar-refractivity contribution in [2.75, 3.05) is 51.3 Å². The van der Waals surface area contributed by atoms with E-state index in [9.17, 15) is 9.59 Å². The molecule has 0 bridgehead atoms. The number of carbonyl (C=O) groups excluding carboxylic acids is 2. The lowest BCUT2D eigenvalue weighted by Gasteiger charge is -2.36. The van der Waals surface area contributed by atoms with Gasteiger partial charge >= 0.3 is 0 Å². The van der Waals surface area contributed by atoms with Crippen molar-refractivity contribution in [1.82, 2.24) is 20.0 Å². The molecule has 2 heterocycles. The molecule has 0 atom stereocenters.